The van der Waals surface area contributed by atoms with Gasteiger partial charge in [-0.2, -0.15) is 0 Å². The van der Waals surface area contributed by atoms with Gasteiger partial charge < -0.3 is 5.73 Å². The Balaban J connectivity index is 1.89. The molecule has 1 fully saturated rings. The number of rotatable bonds is 3. The maximum absolute atomic E-state index is 6.33. The molecule has 0 amide bonds. The maximum Gasteiger partial charge on any atom is 0.0270 e. The normalized spacial score (nSPS) is 20.3. The van der Waals surface area contributed by atoms with Crippen LogP contribution >= 0.6 is 0 Å². The van der Waals surface area contributed by atoms with Gasteiger partial charge in [0.2, 0.25) is 0 Å². The molecule has 88 valence electrons. The molecule has 2 N–H and O–H groups in total. The van der Waals surface area contributed by atoms with E-state index in [1.54, 1.807) is 0 Å². The zero-order valence-electron chi connectivity index (χ0n) is 9.94. The molecule has 1 aromatic rings. The molecule has 1 aliphatic rings. The second-order valence-corrected chi connectivity index (χ2v) is 4.98. The first kappa shape index (κ1) is 11.6. The largest absolute Gasteiger partial charge is 0.327 e. The molecular weight excluding hydrogens is 196 g/mol. The van der Waals surface area contributed by atoms with E-state index in [1.165, 1.54) is 44.1 Å². The molecule has 2 rings (SSSR count). The van der Waals surface area contributed by atoms with Crippen LogP contribution in [-0.4, -0.2) is 11.0 Å². The van der Waals surface area contributed by atoms with Crippen molar-refractivity contribution in [3.63, 3.8) is 0 Å². The third-order valence-corrected chi connectivity index (χ3v) is 3.73. The third kappa shape index (κ3) is 3.31. The Bertz CT molecular complexity index is 289. The molecule has 1 unspecified atom stereocenters. The lowest BCUT2D eigenvalue weighted by atomic mass is 9.89. The van der Waals surface area contributed by atoms with Gasteiger partial charge in [-0.15, -0.1) is 0 Å². The molecule has 1 saturated carbocycles. The van der Waals surface area contributed by atoms with Crippen LogP contribution in [0.2, 0.25) is 0 Å². The maximum atomic E-state index is 6.33. The number of nitrogens with two attached hydrogens (primary N) is 1. The van der Waals surface area contributed by atoms with Crippen molar-refractivity contribution in [3.8, 4) is 0 Å². The van der Waals surface area contributed by atoms with E-state index in [9.17, 15) is 0 Å². The van der Waals surface area contributed by atoms with Crippen molar-refractivity contribution in [2.75, 3.05) is 0 Å². The summed E-state index contributed by atoms with van der Waals surface area (Å²) in [7, 11) is 0. The zero-order valence-corrected chi connectivity index (χ0v) is 9.94. The Morgan fingerprint density at radius 1 is 1.12 bits per heavy atom. The number of pyridine rings is 1. The van der Waals surface area contributed by atoms with E-state index in [-0.39, 0.29) is 0 Å². The van der Waals surface area contributed by atoms with Gasteiger partial charge >= 0.3 is 0 Å². The molecule has 0 aromatic carbocycles. The highest BCUT2D eigenvalue weighted by Crippen LogP contribution is 2.26. The van der Waals surface area contributed by atoms with Crippen LogP contribution in [0, 0.1) is 5.92 Å². The monoisotopic (exact) mass is 218 g/mol. The highest BCUT2D eigenvalue weighted by molar-refractivity contribution is 5.11. The summed E-state index contributed by atoms with van der Waals surface area (Å²) >= 11 is 0. The fourth-order valence-corrected chi connectivity index (χ4v) is 2.70. The summed E-state index contributed by atoms with van der Waals surface area (Å²) in [5, 5.41) is 0. The highest BCUT2D eigenvalue weighted by atomic mass is 14.7. The van der Waals surface area contributed by atoms with Crippen molar-refractivity contribution in [3.05, 3.63) is 30.1 Å². The highest BCUT2D eigenvalue weighted by Gasteiger charge is 2.19. The SMILES string of the molecule is NC(Cc1ccncc1)C1CCCCCC1. The Hall–Kier alpha value is -0.890. The van der Waals surface area contributed by atoms with Crippen LogP contribution in [0.1, 0.15) is 44.1 Å². The summed E-state index contributed by atoms with van der Waals surface area (Å²) in [5.74, 6) is 0.732. The van der Waals surface area contributed by atoms with Crippen LogP contribution in [0.5, 0.6) is 0 Å². The summed E-state index contributed by atoms with van der Waals surface area (Å²) in [6, 6.07) is 4.49. The number of aromatic nitrogens is 1. The quantitative estimate of drug-likeness (QED) is 0.792. The second-order valence-electron chi connectivity index (χ2n) is 4.98. The lowest BCUT2D eigenvalue weighted by Crippen LogP contribution is -2.32. The summed E-state index contributed by atoms with van der Waals surface area (Å²) in [6.07, 6.45) is 12.9. The van der Waals surface area contributed by atoms with Crippen molar-refractivity contribution in [1.82, 2.24) is 4.98 Å². The molecule has 2 heteroatoms. The van der Waals surface area contributed by atoms with Crippen LogP contribution in [0.4, 0.5) is 0 Å². The van der Waals surface area contributed by atoms with Crippen molar-refractivity contribution >= 4 is 0 Å². The first-order valence-corrected chi connectivity index (χ1v) is 6.51. The van der Waals surface area contributed by atoms with Gasteiger partial charge in [-0.05, 0) is 42.9 Å². The average Bonchev–Trinajstić information content (AvgIpc) is 2.59. The number of nitrogens with zero attached hydrogens (tertiary/aromatic N) is 1. The molecule has 1 atom stereocenters. The van der Waals surface area contributed by atoms with E-state index in [0.717, 1.165) is 12.3 Å². The third-order valence-electron chi connectivity index (χ3n) is 3.73. The molecule has 2 nitrogen and oxygen atoms in total. The van der Waals surface area contributed by atoms with E-state index in [2.05, 4.69) is 17.1 Å². The Labute approximate surface area is 98.3 Å². The van der Waals surface area contributed by atoms with Crippen molar-refractivity contribution in [1.29, 1.82) is 0 Å². The van der Waals surface area contributed by atoms with Crippen molar-refractivity contribution in [2.45, 2.75) is 51.0 Å². The van der Waals surface area contributed by atoms with E-state index in [0.29, 0.717) is 6.04 Å². The zero-order chi connectivity index (χ0) is 11.2. The molecule has 0 aliphatic heterocycles. The molecule has 0 spiro atoms. The summed E-state index contributed by atoms with van der Waals surface area (Å²) in [6.45, 7) is 0. The van der Waals surface area contributed by atoms with Crippen molar-refractivity contribution in [2.24, 2.45) is 11.7 Å². The van der Waals surface area contributed by atoms with Gasteiger partial charge in [-0.3, -0.25) is 4.98 Å². The Kier molecular flexibility index (Phi) is 4.34. The van der Waals surface area contributed by atoms with E-state index >= 15 is 0 Å². The summed E-state index contributed by atoms with van der Waals surface area (Å²) in [5.41, 5.74) is 7.66. The van der Waals surface area contributed by atoms with Gasteiger partial charge in [0.15, 0.2) is 0 Å². The molecule has 1 heterocycles. The lowest BCUT2D eigenvalue weighted by molar-refractivity contribution is 0.372. The van der Waals surface area contributed by atoms with Crippen LogP contribution in [-0.2, 0) is 6.42 Å². The lowest BCUT2D eigenvalue weighted by Gasteiger charge is -2.22. The standard InChI is InChI=1S/C14H22N2/c15-14(11-12-7-9-16-10-8-12)13-5-3-1-2-4-6-13/h7-10,13-14H,1-6,11,15H2. The molecular formula is C14H22N2. The fraction of sp³-hybridized carbons (Fsp3) is 0.643. The van der Waals surface area contributed by atoms with Crippen LogP contribution in [0.15, 0.2) is 24.5 Å². The van der Waals surface area contributed by atoms with Crippen LogP contribution in [0.25, 0.3) is 0 Å². The Morgan fingerprint density at radius 3 is 2.38 bits per heavy atom. The van der Waals surface area contributed by atoms with Crippen LogP contribution in [0.3, 0.4) is 0 Å². The van der Waals surface area contributed by atoms with Gasteiger partial charge in [0, 0.05) is 18.4 Å². The van der Waals surface area contributed by atoms with Gasteiger partial charge in [-0.25, -0.2) is 0 Å². The molecule has 1 aliphatic carbocycles. The molecule has 0 radical (unpaired) electrons. The fourth-order valence-electron chi connectivity index (χ4n) is 2.70. The van der Waals surface area contributed by atoms with Crippen LogP contribution < -0.4 is 5.73 Å². The van der Waals surface area contributed by atoms with E-state index < -0.39 is 0 Å². The predicted octanol–water partition coefficient (Wildman–Crippen LogP) is 2.92. The number of hydrogen-bond acceptors (Lipinski definition) is 2. The first-order chi connectivity index (χ1) is 7.86. The van der Waals surface area contributed by atoms with E-state index in [4.69, 9.17) is 5.73 Å². The Morgan fingerprint density at radius 2 is 1.75 bits per heavy atom. The topological polar surface area (TPSA) is 38.9 Å². The van der Waals surface area contributed by atoms with Gasteiger partial charge in [0.05, 0.1) is 0 Å². The van der Waals surface area contributed by atoms with Gasteiger partial charge in [0.1, 0.15) is 0 Å². The van der Waals surface area contributed by atoms with Crippen molar-refractivity contribution < 1.29 is 0 Å². The molecule has 0 bridgehead atoms. The van der Waals surface area contributed by atoms with Gasteiger partial charge in [0.25, 0.3) is 0 Å². The molecule has 1 aromatic heterocycles. The summed E-state index contributed by atoms with van der Waals surface area (Å²) < 4.78 is 0. The van der Waals surface area contributed by atoms with E-state index in [1.807, 2.05) is 12.4 Å². The molecule has 16 heavy (non-hydrogen) atoms. The smallest absolute Gasteiger partial charge is 0.0270 e. The minimum atomic E-state index is 0.334. The average molecular weight is 218 g/mol. The first-order valence-electron chi connectivity index (χ1n) is 6.51. The van der Waals surface area contributed by atoms with Gasteiger partial charge in [-0.1, -0.05) is 25.7 Å². The molecule has 0 saturated heterocycles. The number of hydrogen-bond donors (Lipinski definition) is 1. The summed E-state index contributed by atoms with van der Waals surface area (Å²) in [4.78, 5) is 4.04. The second kappa shape index (κ2) is 6.00. The minimum absolute atomic E-state index is 0.334. The minimum Gasteiger partial charge on any atom is -0.327 e. The predicted molar refractivity (Wildman–Crippen MR) is 67.1 cm³/mol.